The molecule has 0 aromatic rings. The number of quaternary nitrogens is 1. The molecule has 9 heteroatoms. The molecule has 3 atom stereocenters. The Balaban J connectivity index is 4.19. The van der Waals surface area contributed by atoms with E-state index in [1.807, 2.05) is 21.1 Å². The summed E-state index contributed by atoms with van der Waals surface area (Å²) in [5.41, 5.74) is 0. The first-order chi connectivity index (χ1) is 28.5. The first-order valence-corrected chi connectivity index (χ1v) is 25.9. The molecule has 0 aliphatic heterocycles. The van der Waals surface area contributed by atoms with E-state index in [9.17, 15) is 19.4 Å². The molecule has 0 aromatic carbocycles. The second-order valence-electron chi connectivity index (χ2n) is 17.8. The lowest BCUT2D eigenvalue weighted by atomic mass is 10.0. The maximum atomic E-state index is 12.9. The zero-order chi connectivity index (χ0) is 43.6. The average molecular weight is 851 g/mol. The van der Waals surface area contributed by atoms with E-state index in [0.717, 1.165) is 64.2 Å². The van der Waals surface area contributed by atoms with Crippen molar-refractivity contribution in [1.82, 2.24) is 5.32 Å². The van der Waals surface area contributed by atoms with Crippen LogP contribution in [-0.2, 0) is 18.4 Å². The first-order valence-electron chi connectivity index (χ1n) is 24.5. The van der Waals surface area contributed by atoms with E-state index in [0.29, 0.717) is 23.9 Å². The van der Waals surface area contributed by atoms with Crippen molar-refractivity contribution in [2.45, 2.75) is 225 Å². The second-order valence-corrected chi connectivity index (χ2v) is 19.2. The molecule has 59 heavy (non-hydrogen) atoms. The minimum Gasteiger partial charge on any atom is -0.756 e. The zero-order valence-corrected chi connectivity index (χ0v) is 40.1. The van der Waals surface area contributed by atoms with Crippen molar-refractivity contribution < 1.29 is 32.9 Å². The van der Waals surface area contributed by atoms with Gasteiger partial charge in [0.25, 0.3) is 7.82 Å². The zero-order valence-electron chi connectivity index (χ0n) is 39.2. The van der Waals surface area contributed by atoms with Gasteiger partial charge in [0.15, 0.2) is 0 Å². The molecule has 0 saturated carbocycles. The summed E-state index contributed by atoms with van der Waals surface area (Å²) in [6.45, 7) is 4.60. The molecule has 346 valence electrons. The maximum absolute atomic E-state index is 12.9. The molecule has 8 nitrogen and oxygen atoms in total. The van der Waals surface area contributed by atoms with Crippen molar-refractivity contribution in [3.05, 3.63) is 48.6 Å². The molecule has 1 amide bonds. The van der Waals surface area contributed by atoms with Crippen molar-refractivity contribution in [2.24, 2.45) is 0 Å². The molecule has 2 N–H and O–H groups in total. The molecular weight excluding hydrogens is 756 g/mol. The lowest BCUT2D eigenvalue weighted by Crippen LogP contribution is -2.46. The second kappa shape index (κ2) is 41.8. The van der Waals surface area contributed by atoms with Gasteiger partial charge in [-0.05, 0) is 51.4 Å². The number of carbonyl (C=O) groups is 1. The van der Waals surface area contributed by atoms with Crippen LogP contribution in [0.25, 0.3) is 0 Å². The Morgan fingerprint density at radius 1 is 0.610 bits per heavy atom. The van der Waals surface area contributed by atoms with Crippen molar-refractivity contribution in [1.29, 1.82) is 0 Å². The molecule has 3 unspecified atom stereocenters. The topological polar surface area (TPSA) is 108 Å². The van der Waals surface area contributed by atoms with Crippen LogP contribution in [0, 0.1) is 0 Å². The van der Waals surface area contributed by atoms with Crippen molar-refractivity contribution in [2.75, 3.05) is 40.9 Å². The number of unbranched alkanes of at least 4 members (excludes halogenated alkanes) is 23. The summed E-state index contributed by atoms with van der Waals surface area (Å²) in [6.07, 6.45) is 52.6. The number of phosphoric acid groups is 1. The summed E-state index contributed by atoms with van der Waals surface area (Å²) in [4.78, 5) is 25.4. The normalized spacial score (nSPS) is 14.6. The summed E-state index contributed by atoms with van der Waals surface area (Å²) < 4.78 is 23.3. The highest BCUT2D eigenvalue weighted by Crippen LogP contribution is 2.38. The van der Waals surface area contributed by atoms with E-state index in [1.165, 1.54) is 122 Å². The van der Waals surface area contributed by atoms with Crippen LogP contribution in [0.4, 0.5) is 0 Å². The Kier molecular flexibility index (Phi) is 40.7. The average Bonchev–Trinajstić information content (AvgIpc) is 3.19. The fraction of sp³-hybridized carbons (Fsp3) is 0.820. The summed E-state index contributed by atoms with van der Waals surface area (Å²) in [5.74, 6) is -0.169. The molecule has 0 heterocycles. The fourth-order valence-corrected chi connectivity index (χ4v) is 7.69. The van der Waals surface area contributed by atoms with Gasteiger partial charge in [-0.2, -0.15) is 0 Å². The van der Waals surface area contributed by atoms with Crippen LogP contribution in [0.1, 0.15) is 213 Å². The highest BCUT2D eigenvalue weighted by molar-refractivity contribution is 7.45. The van der Waals surface area contributed by atoms with Crippen LogP contribution >= 0.6 is 7.82 Å². The number of aliphatic hydroxyl groups excluding tert-OH is 1. The number of amides is 1. The Labute approximate surface area is 365 Å². The largest absolute Gasteiger partial charge is 0.756 e. The number of nitrogens with zero attached hydrogens (tertiary/aromatic N) is 1. The lowest BCUT2D eigenvalue weighted by molar-refractivity contribution is -0.870. The number of phosphoric ester groups is 1. The molecule has 0 rings (SSSR count). The predicted molar refractivity (Wildman–Crippen MR) is 251 cm³/mol. The quantitative estimate of drug-likeness (QED) is 0.0274. The van der Waals surface area contributed by atoms with E-state index in [1.54, 1.807) is 0 Å². The van der Waals surface area contributed by atoms with Gasteiger partial charge in [0.2, 0.25) is 5.91 Å². The van der Waals surface area contributed by atoms with Crippen LogP contribution in [-0.4, -0.2) is 68.5 Å². The van der Waals surface area contributed by atoms with E-state index in [4.69, 9.17) is 9.05 Å². The molecule has 0 aliphatic rings. The van der Waals surface area contributed by atoms with Gasteiger partial charge in [0.1, 0.15) is 13.2 Å². The summed E-state index contributed by atoms with van der Waals surface area (Å²) in [5, 5.41) is 13.9. The number of carbonyl (C=O) groups excluding carboxylic acids is 1. The number of likely N-dealkylation sites (N-methyl/N-ethyl adjacent to an activating group) is 1. The number of rotatable bonds is 44. The number of nitrogens with one attached hydrogen (secondary N) is 1. The van der Waals surface area contributed by atoms with Gasteiger partial charge in [0, 0.05) is 6.42 Å². The Morgan fingerprint density at radius 3 is 1.51 bits per heavy atom. The fourth-order valence-electron chi connectivity index (χ4n) is 6.97. The third-order valence-electron chi connectivity index (χ3n) is 10.8. The number of allylic oxidation sites excluding steroid dienone is 8. The maximum Gasteiger partial charge on any atom is 0.268 e. The summed E-state index contributed by atoms with van der Waals surface area (Å²) in [6, 6.07) is -0.801. The number of aliphatic hydroxyl groups is 1. The standard InChI is InChI=1S/C50H95N2O6P/c1-6-8-10-12-14-16-18-20-21-22-23-24-25-26-27-28-29-30-31-32-34-36-38-40-42-44-50(54)51-48(47-58-59(55,56)57-46-45-52(3,4)5)49(53)43-41-39-37-35-33-19-17-15-13-11-9-7-2/h8,10,14,16,20-21,23-24,48-49,53H,6-7,9,11-13,15,17-19,22,25-47H2,1-5H3,(H-,51,54,55,56)/b10-8-,16-14-,21-20-,24-23-. The lowest BCUT2D eigenvalue weighted by Gasteiger charge is -2.30. The summed E-state index contributed by atoms with van der Waals surface area (Å²) >= 11 is 0. The van der Waals surface area contributed by atoms with Gasteiger partial charge in [-0.1, -0.05) is 204 Å². The highest BCUT2D eigenvalue weighted by Gasteiger charge is 2.24. The van der Waals surface area contributed by atoms with Crippen LogP contribution in [0.2, 0.25) is 0 Å². The minimum absolute atomic E-state index is 0.0108. The van der Waals surface area contributed by atoms with Crippen molar-refractivity contribution >= 4 is 13.7 Å². The first kappa shape index (κ1) is 57.5. The van der Waals surface area contributed by atoms with Gasteiger partial charge in [-0.15, -0.1) is 0 Å². The van der Waals surface area contributed by atoms with Gasteiger partial charge in [-0.25, -0.2) is 0 Å². The van der Waals surface area contributed by atoms with E-state index in [-0.39, 0.29) is 19.1 Å². The van der Waals surface area contributed by atoms with E-state index < -0.39 is 20.0 Å². The molecular formula is C50H95N2O6P. The van der Waals surface area contributed by atoms with E-state index in [2.05, 4.69) is 67.8 Å². The molecule has 0 fully saturated rings. The van der Waals surface area contributed by atoms with Gasteiger partial charge < -0.3 is 28.8 Å². The third-order valence-corrected chi connectivity index (χ3v) is 11.8. The molecule has 0 radical (unpaired) electrons. The van der Waals surface area contributed by atoms with Crippen molar-refractivity contribution in [3.63, 3.8) is 0 Å². The Bertz CT molecular complexity index is 1100. The predicted octanol–water partition coefficient (Wildman–Crippen LogP) is 13.4. The van der Waals surface area contributed by atoms with Crippen LogP contribution in [0.15, 0.2) is 48.6 Å². The SMILES string of the molecule is CC/C=C\C/C=C\C/C=C\C/C=C\CCCCCCCCCCCCCCC(=O)NC(COP(=O)([O-])OCC[N+](C)(C)C)C(O)CCCCCCCCCCCCCC. The number of hydrogen-bond donors (Lipinski definition) is 2. The highest BCUT2D eigenvalue weighted by atomic mass is 31.2. The molecule has 0 bridgehead atoms. The Morgan fingerprint density at radius 2 is 1.03 bits per heavy atom. The summed E-state index contributed by atoms with van der Waals surface area (Å²) in [7, 11) is 1.30. The third kappa shape index (κ3) is 44.3. The minimum atomic E-state index is -4.56. The van der Waals surface area contributed by atoms with E-state index >= 15 is 0 Å². The van der Waals surface area contributed by atoms with Gasteiger partial charge in [-0.3, -0.25) is 9.36 Å². The molecule has 0 spiro atoms. The van der Waals surface area contributed by atoms with Crippen LogP contribution < -0.4 is 10.2 Å². The van der Waals surface area contributed by atoms with Crippen LogP contribution in [0.5, 0.6) is 0 Å². The van der Waals surface area contributed by atoms with Crippen LogP contribution in [0.3, 0.4) is 0 Å². The van der Waals surface area contributed by atoms with Gasteiger partial charge in [0.05, 0.1) is 39.9 Å². The monoisotopic (exact) mass is 851 g/mol. The van der Waals surface area contributed by atoms with Gasteiger partial charge >= 0.3 is 0 Å². The van der Waals surface area contributed by atoms with Crippen molar-refractivity contribution in [3.8, 4) is 0 Å². The number of hydrogen-bond acceptors (Lipinski definition) is 6. The molecule has 0 aliphatic carbocycles. The smallest absolute Gasteiger partial charge is 0.268 e. The molecule has 0 saturated heterocycles. The Hall–Kier alpha value is -1.54. The molecule has 0 aromatic heterocycles.